The molecule has 20 heavy (non-hydrogen) atoms. The molecule has 5 nitrogen and oxygen atoms in total. The molecule has 0 spiro atoms. The Morgan fingerprint density at radius 1 is 1.30 bits per heavy atom. The van der Waals surface area contributed by atoms with E-state index in [0.717, 1.165) is 37.0 Å². The maximum atomic E-state index is 5.41. The third kappa shape index (κ3) is 5.74. The average Bonchev–Trinajstić information content (AvgIpc) is 2.42. The Balaban J connectivity index is 2.83. The van der Waals surface area contributed by atoms with Crippen LogP contribution in [0.5, 0.6) is 0 Å². The lowest BCUT2D eigenvalue weighted by Crippen LogP contribution is -2.22. The van der Waals surface area contributed by atoms with E-state index in [4.69, 9.17) is 4.74 Å². The molecule has 0 radical (unpaired) electrons. The number of hydrogen-bond donors (Lipinski definition) is 1. The molecule has 1 heterocycles. The lowest BCUT2D eigenvalue weighted by Gasteiger charge is -2.20. The van der Waals surface area contributed by atoms with Crippen molar-refractivity contribution in [3.8, 4) is 0 Å². The zero-order chi connectivity index (χ0) is 15.0. The third-order valence-electron chi connectivity index (χ3n) is 2.99. The molecule has 1 N–H and O–H groups in total. The number of nitrogens with zero attached hydrogens (tertiary/aromatic N) is 3. The Morgan fingerprint density at radius 3 is 2.65 bits per heavy atom. The van der Waals surface area contributed by atoms with Crippen LogP contribution in [0.2, 0.25) is 0 Å². The molecule has 0 atom stereocenters. The van der Waals surface area contributed by atoms with Crippen LogP contribution in [0.15, 0.2) is 6.07 Å². The highest BCUT2D eigenvalue weighted by atomic mass is 16.5. The molecule has 0 aromatic carbocycles. The third-order valence-corrected chi connectivity index (χ3v) is 2.99. The molecule has 0 aliphatic heterocycles. The van der Waals surface area contributed by atoms with Gasteiger partial charge in [-0.2, -0.15) is 0 Å². The number of aromatic nitrogens is 2. The van der Waals surface area contributed by atoms with Gasteiger partial charge in [-0.1, -0.05) is 13.8 Å². The van der Waals surface area contributed by atoms with E-state index in [1.807, 2.05) is 13.0 Å². The summed E-state index contributed by atoms with van der Waals surface area (Å²) >= 11 is 0. The summed E-state index contributed by atoms with van der Waals surface area (Å²) < 4.78 is 5.41. The van der Waals surface area contributed by atoms with Crippen LogP contribution >= 0.6 is 0 Å². The van der Waals surface area contributed by atoms with Crippen LogP contribution < -0.4 is 10.2 Å². The summed E-state index contributed by atoms with van der Waals surface area (Å²) in [6.07, 6.45) is 1.15. The monoisotopic (exact) mass is 280 g/mol. The molecule has 0 unspecified atom stereocenters. The van der Waals surface area contributed by atoms with Gasteiger partial charge in [-0.15, -0.1) is 0 Å². The molecular formula is C15H28N4O. The highest BCUT2D eigenvalue weighted by Crippen LogP contribution is 2.16. The number of nitrogens with one attached hydrogen (secondary N) is 1. The van der Waals surface area contributed by atoms with E-state index in [9.17, 15) is 0 Å². The van der Waals surface area contributed by atoms with Crippen LogP contribution in [-0.4, -0.2) is 36.7 Å². The number of rotatable bonds is 9. The molecule has 114 valence electrons. The molecule has 5 heteroatoms. The quantitative estimate of drug-likeness (QED) is 0.753. The van der Waals surface area contributed by atoms with E-state index in [1.165, 1.54) is 0 Å². The molecule has 0 bridgehead atoms. The minimum Gasteiger partial charge on any atom is -0.374 e. The first kappa shape index (κ1) is 16.7. The zero-order valence-electron chi connectivity index (χ0n) is 13.4. The molecule has 1 aromatic heterocycles. The molecule has 0 saturated heterocycles. The van der Waals surface area contributed by atoms with Gasteiger partial charge in [0.1, 0.15) is 18.2 Å². The number of hydrogen-bond acceptors (Lipinski definition) is 5. The summed E-state index contributed by atoms with van der Waals surface area (Å²) in [5, 5.41) is 3.25. The molecule has 0 aliphatic rings. The fraction of sp³-hybridized carbons (Fsp3) is 0.733. The molecule has 0 aliphatic carbocycles. The highest BCUT2D eigenvalue weighted by molar-refractivity contribution is 5.48. The van der Waals surface area contributed by atoms with E-state index in [-0.39, 0.29) is 0 Å². The topological polar surface area (TPSA) is 50.3 Å². The predicted molar refractivity (Wildman–Crippen MR) is 84.3 cm³/mol. The van der Waals surface area contributed by atoms with Crippen LogP contribution in [0.1, 0.15) is 39.9 Å². The Morgan fingerprint density at radius 2 is 2.05 bits per heavy atom. The van der Waals surface area contributed by atoms with Crippen LogP contribution in [0.4, 0.5) is 11.6 Å². The van der Waals surface area contributed by atoms with E-state index >= 15 is 0 Å². The first-order valence-corrected chi connectivity index (χ1v) is 7.47. The summed E-state index contributed by atoms with van der Waals surface area (Å²) in [4.78, 5) is 11.2. The van der Waals surface area contributed by atoms with Gasteiger partial charge in [0.2, 0.25) is 0 Å². The van der Waals surface area contributed by atoms with Gasteiger partial charge in [-0.05, 0) is 26.2 Å². The van der Waals surface area contributed by atoms with Crippen molar-refractivity contribution in [2.75, 3.05) is 37.0 Å². The van der Waals surface area contributed by atoms with Crippen molar-refractivity contribution in [1.29, 1.82) is 0 Å². The second kappa shape index (κ2) is 8.74. The SMILES string of the molecule is CCNc1cc(N(C)CCC(C)C)nc(COCC)n1. The van der Waals surface area contributed by atoms with E-state index in [2.05, 4.69) is 48.0 Å². The first-order chi connectivity index (χ1) is 9.56. The Bertz CT molecular complexity index is 395. The Labute approximate surface area is 122 Å². The van der Waals surface area contributed by atoms with Crippen molar-refractivity contribution < 1.29 is 4.74 Å². The normalized spacial score (nSPS) is 10.9. The summed E-state index contributed by atoms with van der Waals surface area (Å²) in [5.41, 5.74) is 0. The molecule has 1 rings (SSSR count). The van der Waals surface area contributed by atoms with Crippen LogP contribution in [-0.2, 0) is 11.3 Å². The summed E-state index contributed by atoms with van der Waals surface area (Å²) in [7, 11) is 2.07. The molecule has 0 saturated carbocycles. The zero-order valence-corrected chi connectivity index (χ0v) is 13.4. The highest BCUT2D eigenvalue weighted by Gasteiger charge is 2.09. The molecule has 0 amide bonds. The first-order valence-electron chi connectivity index (χ1n) is 7.47. The van der Waals surface area contributed by atoms with Crippen molar-refractivity contribution in [2.45, 2.75) is 40.7 Å². The van der Waals surface area contributed by atoms with Gasteiger partial charge < -0.3 is 15.0 Å². The van der Waals surface area contributed by atoms with Gasteiger partial charge in [0.05, 0.1) is 0 Å². The minimum absolute atomic E-state index is 0.459. The summed E-state index contributed by atoms with van der Waals surface area (Å²) in [5.74, 6) is 3.24. The van der Waals surface area contributed by atoms with E-state index < -0.39 is 0 Å². The van der Waals surface area contributed by atoms with Crippen LogP contribution in [0.25, 0.3) is 0 Å². The minimum atomic E-state index is 0.459. The van der Waals surface area contributed by atoms with Gasteiger partial charge in [-0.25, -0.2) is 9.97 Å². The lowest BCUT2D eigenvalue weighted by atomic mass is 10.1. The Kier molecular flexibility index (Phi) is 7.30. The van der Waals surface area contributed by atoms with Gasteiger partial charge in [-0.3, -0.25) is 0 Å². The van der Waals surface area contributed by atoms with Gasteiger partial charge in [0, 0.05) is 32.8 Å². The van der Waals surface area contributed by atoms with E-state index in [1.54, 1.807) is 0 Å². The van der Waals surface area contributed by atoms with Crippen LogP contribution in [0.3, 0.4) is 0 Å². The van der Waals surface area contributed by atoms with Crippen molar-refractivity contribution in [3.63, 3.8) is 0 Å². The number of ether oxygens (including phenoxy) is 1. The van der Waals surface area contributed by atoms with Gasteiger partial charge >= 0.3 is 0 Å². The van der Waals surface area contributed by atoms with Gasteiger partial charge in [0.15, 0.2) is 5.82 Å². The van der Waals surface area contributed by atoms with Gasteiger partial charge in [0.25, 0.3) is 0 Å². The standard InChI is InChI=1S/C15H28N4O/c1-6-16-13-10-15(19(5)9-8-12(3)4)18-14(17-13)11-20-7-2/h10,12H,6-9,11H2,1-5H3,(H,16,17,18). The summed E-state index contributed by atoms with van der Waals surface area (Å²) in [6.45, 7) is 11.5. The maximum Gasteiger partial charge on any atom is 0.158 e. The fourth-order valence-electron chi connectivity index (χ4n) is 1.77. The Hall–Kier alpha value is -1.36. The predicted octanol–water partition coefficient (Wildman–Crippen LogP) is 2.93. The average molecular weight is 280 g/mol. The largest absolute Gasteiger partial charge is 0.374 e. The fourth-order valence-corrected chi connectivity index (χ4v) is 1.77. The number of anilines is 2. The second-order valence-corrected chi connectivity index (χ2v) is 5.30. The molecule has 1 aromatic rings. The summed E-state index contributed by atoms with van der Waals surface area (Å²) in [6, 6.07) is 2.00. The smallest absolute Gasteiger partial charge is 0.158 e. The maximum absolute atomic E-state index is 5.41. The molecule has 0 fully saturated rings. The van der Waals surface area contributed by atoms with E-state index in [0.29, 0.717) is 19.1 Å². The van der Waals surface area contributed by atoms with Crippen LogP contribution in [0, 0.1) is 5.92 Å². The molecular weight excluding hydrogens is 252 g/mol. The second-order valence-electron chi connectivity index (χ2n) is 5.30. The van der Waals surface area contributed by atoms with Crippen molar-refractivity contribution in [3.05, 3.63) is 11.9 Å². The van der Waals surface area contributed by atoms with Crippen molar-refractivity contribution in [1.82, 2.24) is 9.97 Å². The van der Waals surface area contributed by atoms with Crippen molar-refractivity contribution in [2.24, 2.45) is 5.92 Å². The lowest BCUT2D eigenvalue weighted by molar-refractivity contribution is 0.128. The van der Waals surface area contributed by atoms with Crippen molar-refractivity contribution >= 4 is 11.6 Å².